The van der Waals surface area contributed by atoms with Crippen LogP contribution in [-0.4, -0.2) is 35.9 Å². The van der Waals surface area contributed by atoms with E-state index in [0.29, 0.717) is 23.9 Å². The highest BCUT2D eigenvalue weighted by atomic mass is 19.1. The maximum Gasteiger partial charge on any atom is 0.258 e. The van der Waals surface area contributed by atoms with Crippen molar-refractivity contribution >= 4 is 5.91 Å². The zero-order valence-electron chi connectivity index (χ0n) is 16.3. The molecule has 29 heavy (non-hydrogen) atoms. The molecule has 0 aliphatic rings. The SMILES string of the molecule is Cc1cc(C)cc(OCC(=O)NCCOc2ccc(-c3ccc(F)cc3)nn2)c1. The molecular formula is C22H22FN3O3. The van der Waals surface area contributed by atoms with Crippen molar-refractivity contribution in [1.29, 1.82) is 0 Å². The Kier molecular flexibility index (Phi) is 6.73. The summed E-state index contributed by atoms with van der Waals surface area (Å²) in [6.45, 7) is 4.46. The lowest BCUT2D eigenvalue weighted by Crippen LogP contribution is -2.32. The highest BCUT2D eigenvalue weighted by Gasteiger charge is 2.05. The summed E-state index contributed by atoms with van der Waals surface area (Å²) in [5, 5.41) is 10.8. The number of aryl methyl sites for hydroxylation is 2. The molecule has 0 unspecified atom stereocenters. The second kappa shape index (κ2) is 9.64. The molecule has 150 valence electrons. The molecule has 0 aliphatic carbocycles. The number of nitrogens with one attached hydrogen (secondary N) is 1. The molecule has 3 rings (SSSR count). The van der Waals surface area contributed by atoms with Crippen LogP contribution in [0.1, 0.15) is 11.1 Å². The first-order valence-electron chi connectivity index (χ1n) is 9.20. The molecular weight excluding hydrogens is 373 g/mol. The number of hydrogen-bond acceptors (Lipinski definition) is 5. The van der Waals surface area contributed by atoms with Gasteiger partial charge in [-0.2, -0.15) is 0 Å². The van der Waals surface area contributed by atoms with Crippen LogP contribution >= 0.6 is 0 Å². The zero-order chi connectivity index (χ0) is 20.6. The summed E-state index contributed by atoms with van der Waals surface area (Å²) >= 11 is 0. The largest absolute Gasteiger partial charge is 0.484 e. The molecule has 0 radical (unpaired) electrons. The van der Waals surface area contributed by atoms with E-state index in [0.717, 1.165) is 16.7 Å². The lowest BCUT2D eigenvalue weighted by Gasteiger charge is -2.09. The molecule has 1 N–H and O–H groups in total. The summed E-state index contributed by atoms with van der Waals surface area (Å²) < 4.78 is 23.9. The first-order chi connectivity index (χ1) is 14.0. The molecule has 2 aromatic carbocycles. The second-order valence-corrected chi connectivity index (χ2v) is 6.57. The molecule has 0 saturated heterocycles. The smallest absolute Gasteiger partial charge is 0.258 e. The monoisotopic (exact) mass is 395 g/mol. The Morgan fingerprint density at radius 1 is 0.966 bits per heavy atom. The highest BCUT2D eigenvalue weighted by molar-refractivity contribution is 5.77. The number of ether oxygens (including phenoxy) is 2. The zero-order valence-corrected chi connectivity index (χ0v) is 16.3. The fourth-order valence-corrected chi connectivity index (χ4v) is 2.73. The summed E-state index contributed by atoms with van der Waals surface area (Å²) in [6.07, 6.45) is 0. The fourth-order valence-electron chi connectivity index (χ4n) is 2.73. The number of carbonyl (C=O) groups excluding carboxylic acids is 1. The predicted octanol–water partition coefficient (Wildman–Crippen LogP) is 3.47. The van der Waals surface area contributed by atoms with E-state index in [4.69, 9.17) is 9.47 Å². The Balaban J connectivity index is 1.38. The number of nitrogens with zero attached hydrogens (tertiary/aromatic N) is 2. The lowest BCUT2D eigenvalue weighted by atomic mass is 10.1. The number of halogens is 1. The van der Waals surface area contributed by atoms with Gasteiger partial charge in [-0.1, -0.05) is 6.07 Å². The topological polar surface area (TPSA) is 73.3 Å². The minimum absolute atomic E-state index is 0.0605. The van der Waals surface area contributed by atoms with Crippen molar-refractivity contribution in [3.05, 3.63) is 71.5 Å². The third kappa shape index (κ3) is 6.27. The van der Waals surface area contributed by atoms with E-state index in [2.05, 4.69) is 15.5 Å². The Labute approximate surface area is 168 Å². The van der Waals surface area contributed by atoms with Crippen LogP contribution in [0.25, 0.3) is 11.3 Å². The standard InChI is InChI=1S/C22H22FN3O3/c1-15-11-16(2)13-19(12-15)29-14-21(27)24-9-10-28-22-8-7-20(25-26-22)17-3-5-18(23)6-4-17/h3-8,11-13H,9-10,14H2,1-2H3,(H,24,27). The van der Waals surface area contributed by atoms with Gasteiger partial charge in [0.05, 0.1) is 12.2 Å². The van der Waals surface area contributed by atoms with Gasteiger partial charge in [0, 0.05) is 11.6 Å². The van der Waals surface area contributed by atoms with Crippen molar-refractivity contribution in [2.45, 2.75) is 13.8 Å². The molecule has 0 atom stereocenters. The van der Waals surface area contributed by atoms with Crippen LogP contribution in [0, 0.1) is 19.7 Å². The Bertz CT molecular complexity index is 940. The van der Waals surface area contributed by atoms with Gasteiger partial charge in [0.15, 0.2) is 6.61 Å². The number of benzene rings is 2. The normalized spacial score (nSPS) is 10.4. The number of amides is 1. The van der Waals surface area contributed by atoms with Gasteiger partial charge < -0.3 is 14.8 Å². The maximum absolute atomic E-state index is 13.0. The molecule has 0 aliphatic heterocycles. The van der Waals surface area contributed by atoms with Crippen LogP contribution in [0.15, 0.2) is 54.6 Å². The summed E-state index contributed by atoms with van der Waals surface area (Å²) in [4.78, 5) is 11.9. The second-order valence-electron chi connectivity index (χ2n) is 6.57. The van der Waals surface area contributed by atoms with Crippen molar-refractivity contribution < 1.29 is 18.7 Å². The van der Waals surface area contributed by atoms with E-state index in [9.17, 15) is 9.18 Å². The van der Waals surface area contributed by atoms with Crippen LogP contribution in [0.2, 0.25) is 0 Å². The van der Waals surface area contributed by atoms with Crippen molar-refractivity contribution in [2.24, 2.45) is 0 Å². The first-order valence-corrected chi connectivity index (χ1v) is 9.20. The highest BCUT2D eigenvalue weighted by Crippen LogP contribution is 2.18. The van der Waals surface area contributed by atoms with E-state index >= 15 is 0 Å². The van der Waals surface area contributed by atoms with E-state index in [1.165, 1.54) is 12.1 Å². The average Bonchev–Trinajstić information content (AvgIpc) is 2.70. The molecule has 1 heterocycles. The fraction of sp³-hybridized carbons (Fsp3) is 0.227. The van der Waals surface area contributed by atoms with Crippen LogP contribution < -0.4 is 14.8 Å². The van der Waals surface area contributed by atoms with Crippen molar-refractivity contribution in [3.63, 3.8) is 0 Å². The molecule has 0 fully saturated rings. The van der Waals surface area contributed by atoms with Gasteiger partial charge >= 0.3 is 0 Å². The van der Waals surface area contributed by atoms with Gasteiger partial charge in [-0.25, -0.2) is 4.39 Å². The summed E-state index contributed by atoms with van der Waals surface area (Å²) in [6, 6.07) is 15.2. The van der Waals surface area contributed by atoms with Crippen LogP contribution in [0.3, 0.4) is 0 Å². The number of hydrogen-bond donors (Lipinski definition) is 1. The van der Waals surface area contributed by atoms with Gasteiger partial charge in [0.1, 0.15) is 18.2 Å². The van der Waals surface area contributed by atoms with Crippen LogP contribution in [0.5, 0.6) is 11.6 Å². The van der Waals surface area contributed by atoms with E-state index in [1.54, 1.807) is 24.3 Å². The van der Waals surface area contributed by atoms with Gasteiger partial charge in [0.25, 0.3) is 5.91 Å². The summed E-state index contributed by atoms with van der Waals surface area (Å²) in [7, 11) is 0. The van der Waals surface area contributed by atoms with E-state index in [1.807, 2.05) is 32.0 Å². The lowest BCUT2D eigenvalue weighted by molar-refractivity contribution is -0.123. The molecule has 0 bridgehead atoms. The van der Waals surface area contributed by atoms with Crippen molar-refractivity contribution in [3.8, 4) is 22.9 Å². The molecule has 3 aromatic rings. The average molecular weight is 395 g/mol. The van der Waals surface area contributed by atoms with Gasteiger partial charge in [0.2, 0.25) is 5.88 Å². The van der Waals surface area contributed by atoms with E-state index < -0.39 is 0 Å². The predicted molar refractivity (Wildman–Crippen MR) is 107 cm³/mol. The van der Waals surface area contributed by atoms with E-state index in [-0.39, 0.29) is 24.9 Å². The Morgan fingerprint density at radius 2 is 1.69 bits per heavy atom. The minimum Gasteiger partial charge on any atom is -0.484 e. The molecule has 0 spiro atoms. The third-order valence-corrected chi connectivity index (χ3v) is 4.02. The summed E-state index contributed by atoms with van der Waals surface area (Å²) in [5.74, 6) is 0.482. The number of aromatic nitrogens is 2. The quantitative estimate of drug-likeness (QED) is 0.591. The minimum atomic E-state index is -0.303. The Morgan fingerprint density at radius 3 is 2.34 bits per heavy atom. The van der Waals surface area contributed by atoms with Gasteiger partial charge in [-0.3, -0.25) is 4.79 Å². The summed E-state index contributed by atoms with van der Waals surface area (Å²) in [5.41, 5.74) is 3.55. The molecule has 1 aromatic heterocycles. The van der Waals surface area contributed by atoms with Crippen molar-refractivity contribution in [2.75, 3.05) is 19.8 Å². The molecule has 1 amide bonds. The van der Waals surface area contributed by atoms with Crippen LogP contribution in [0.4, 0.5) is 4.39 Å². The molecule has 6 nitrogen and oxygen atoms in total. The number of carbonyl (C=O) groups is 1. The molecule has 7 heteroatoms. The van der Waals surface area contributed by atoms with Crippen LogP contribution in [-0.2, 0) is 4.79 Å². The third-order valence-electron chi connectivity index (χ3n) is 4.02. The maximum atomic E-state index is 13.0. The molecule has 0 saturated carbocycles. The Hall–Kier alpha value is -3.48. The van der Waals surface area contributed by atoms with Crippen molar-refractivity contribution in [1.82, 2.24) is 15.5 Å². The number of rotatable bonds is 8. The first kappa shape index (κ1) is 20.3. The van der Waals surface area contributed by atoms with Gasteiger partial charge in [-0.05, 0) is 67.4 Å². The van der Waals surface area contributed by atoms with Gasteiger partial charge in [-0.15, -0.1) is 10.2 Å².